The Morgan fingerprint density at radius 3 is 2.69 bits per heavy atom. The molecule has 2 aromatic heterocycles. The van der Waals surface area contributed by atoms with E-state index < -0.39 is 0 Å². The van der Waals surface area contributed by atoms with Crippen LogP contribution in [0.3, 0.4) is 0 Å². The van der Waals surface area contributed by atoms with Crippen LogP contribution in [0.4, 0.5) is 11.5 Å². The number of hydrogen-bond acceptors (Lipinski definition) is 7. The van der Waals surface area contributed by atoms with Crippen molar-refractivity contribution in [1.29, 1.82) is 0 Å². The van der Waals surface area contributed by atoms with Crippen molar-refractivity contribution in [1.82, 2.24) is 19.9 Å². The van der Waals surface area contributed by atoms with Gasteiger partial charge in [-0.05, 0) is 48.9 Å². The molecule has 3 N–H and O–H groups in total. The van der Waals surface area contributed by atoms with Crippen LogP contribution in [0.5, 0.6) is 11.5 Å². The molecule has 0 saturated carbocycles. The van der Waals surface area contributed by atoms with Gasteiger partial charge in [0.05, 0.1) is 24.5 Å². The van der Waals surface area contributed by atoms with Gasteiger partial charge in [-0.25, -0.2) is 19.9 Å². The highest BCUT2D eigenvalue weighted by Crippen LogP contribution is 2.29. The lowest BCUT2D eigenvalue weighted by molar-refractivity contribution is 0.474. The number of benzene rings is 2. The molecule has 0 atom stereocenters. The standard InChI is InChI=1S/C22H18N6O/c1-15-9-17(5-7-21(15)29-18-11-24-13-25-12-18)28-22-19-10-16(3-2-8-23)4-6-20(19)26-14-27-22/h4-7,9-14H,8,23H2,1H3,(H,26,27,28). The second kappa shape index (κ2) is 8.33. The van der Waals surface area contributed by atoms with Crippen molar-refractivity contribution in [2.24, 2.45) is 5.73 Å². The number of ether oxygens (including phenoxy) is 1. The van der Waals surface area contributed by atoms with Gasteiger partial charge in [-0.1, -0.05) is 11.8 Å². The monoisotopic (exact) mass is 382 g/mol. The first-order valence-corrected chi connectivity index (χ1v) is 8.97. The molecule has 7 heteroatoms. The van der Waals surface area contributed by atoms with Crippen LogP contribution in [0.15, 0.2) is 61.4 Å². The summed E-state index contributed by atoms with van der Waals surface area (Å²) in [4.78, 5) is 16.6. The van der Waals surface area contributed by atoms with Gasteiger partial charge in [0.25, 0.3) is 0 Å². The van der Waals surface area contributed by atoms with Crippen LogP contribution in [-0.2, 0) is 0 Å². The third-order valence-electron chi connectivity index (χ3n) is 4.17. The molecule has 0 unspecified atom stereocenters. The summed E-state index contributed by atoms with van der Waals surface area (Å²) in [6.45, 7) is 2.29. The van der Waals surface area contributed by atoms with Gasteiger partial charge in [-0.3, -0.25) is 0 Å². The minimum atomic E-state index is 0.317. The van der Waals surface area contributed by atoms with Gasteiger partial charge in [0.2, 0.25) is 0 Å². The van der Waals surface area contributed by atoms with Gasteiger partial charge in [0.15, 0.2) is 5.75 Å². The third kappa shape index (κ3) is 4.29. The zero-order chi connectivity index (χ0) is 20.1. The first-order valence-electron chi connectivity index (χ1n) is 8.97. The lowest BCUT2D eigenvalue weighted by Gasteiger charge is -2.12. The molecule has 4 aromatic rings. The Hall–Kier alpha value is -4.02. The summed E-state index contributed by atoms with van der Waals surface area (Å²) in [5.41, 5.74) is 9.02. The molecule has 0 fully saturated rings. The summed E-state index contributed by atoms with van der Waals surface area (Å²) < 4.78 is 5.83. The Balaban J connectivity index is 1.62. The molecule has 0 bridgehead atoms. The fourth-order valence-corrected chi connectivity index (χ4v) is 2.83. The summed E-state index contributed by atoms with van der Waals surface area (Å²) >= 11 is 0. The van der Waals surface area contributed by atoms with E-state index in [0.29, 0.717) is 18.1 Å². The van der Waals surface area contributed by atoms with E-state index in [4.69, 9.17) is 10.5 Å². The van der Waals surface area contributed by atoms with E-state index in [1.54, 1.807) is 12.4 Å². The summed E-state index contributed by atoms with van der Waals surface area (Å²) in [6, 6.07) is 11.6. The normalized spacial score (nSPS) is 10.3. The average molecular weight is 382 g/mol. The van der Waals surface area contributed by atoms with Crippen LogP contribution in [0.1, 0.15) is 11.1 Å². The molecule has 7 nitrogen and oxygen atoms in total. The third-order valence-corrected chi connectivity index (χ3v) is 4.17. The summed E-state index contributed by atoms with van der Waals surface area (Å²) in [6.07, 6.45) is 6.25. The molecular formula is C22H18N6O. The Labute approximate surface area is 168 Å². The summed E-state index contributed by atoms with van der Waals surface area (Å²) in [5.74, 6) is 7.93. The predicted molar refractivity (Wildman–Crippen MR) is 112 cm³/mol. The molecule has 4 rings (SSSR count). The van der Waals surface area contributed by atoms with Crippen LogP contribution in [0.2, 0.25) is 0 Å². The van der Waals surface area contributed by atoms with Crippen molar-refractivity contribution in [3.63, 3.8) is 0 Å². The van der Waals surface area contributed by atoms with Crippen LogP contribution in [-0.4, -0.2) is 26.5 Å². The van der Waals surface area contributed by atoms with E-state index in [-0.39, 0.29) is 0 Å². The number of nitrogens with zero attached hydrogens (tertiary/aromatic N) is 4. The summed E-state index contributed by atoms with van der Waals surface area (Å²) in [7, 11) is 0. The molecule has 0 saturated heterocycles. The van der Waals surface area contributed by atoms with Crippen LogP contribution >= 0.6 is 0 Å². The molecule has 2 heterocycles. The SMILES string of the molecule is Cc1cc(Nc2ncnc3ccc(C#CCN)cc23)ccc1Oc1cncnc1. The highest BCUT2D eigenvalue weighted by Gasteiger charge is 2.08. The predicted octanol–water partition coefficient (Wildman–Crippen LogP) is 3.57. The molecule has 0 aliphatic rings. The number of hydrogen-bond donors (Lipinski definition) is 2. The second-order valence-electron chi connectivity index (χ2n) is 6.24. The minimum Gasteiger partial charge on any atom is -0.454 e. The Morgan fingerprint density at radius 1 is 1.03 bits per heavy atom. The summed E-state index contributed by atoms with van der Waals surface area (Å²) in [5, 5.41) is 4.24. The van der Waals surface area contributed by atoms with Crippen molar-refractivity contribution in [3.8, 4) is 23.3 Å². The van der Waals surface area contributed by atoms with Crippen molar-refractivity contribution in [3.05, 3.63) is 72.6 Å². The van der Waals surface area contributed by atoms with Crippen molar-refractivity contribution in [2.45, 2.75) is 6.92 Å². The molecule has 2 aromatic carbocycles. The Morgan fingerprint density at radius 2 is 1.90 bits per heavy atom. The number of fused-ring (bicyclic) bond motifs is 1. The van der Waals surface area contributed by atoms with E-state index in [0.717, 1.165) is 33.5 Å². The maximum atomic E-state index is 5.83. The maximum Gasteiger partial charge on any atom is 0.164 e. The Bertz CT molecular complexity index is 1210. The fourth-order valence-electron chi connectivity index (χ4n) is 2.83. The Kier molecular flexibility index (Phi) is 5.27. The van der Waals surface area contributed by atoms with Crippen LogP contribution in [0, 0.1) is 18.8 Å². The number of aryl methyl sites for hydroxylation is 1. The maximum absolute atomic E-state index is 5.83. The van der Waals surface area contributed by atoms with Crippen LogP contribution < -0.4 is 15.8 Å². The number of nitrogens with one attached hydrogen (secondary N) is 1. The second-order valence-corrected chi connectivity index (χ2v) is 6.24. The molecule has 29 heavy (non-hydrogen) atoms. The largest absolute Gasteiger partial charge is 0.454 e. The topological polar surface area (TPSA) is 98.8 Å². The lowest BCUT2D eigenvalue weighted by atomic mass is 10.1. The van der Waals surface area contributed by atoms with Gasteiger partial charge in [0.1, 0.15) is 24.2 Å². The molecule has 142 valence electrons. The number of nitrogens with two attached hydrogens (primary N) is 1. The molecule has 0 spiro atoms. The van der Waals surface area contributed by atoms with E-state index >= 15 is 0 Å². The lowest BCUT2D eigenvalue weighted by Crippen LogP contribution is -1.98. The quantitative estimate of drug-likeness (QED) is 0.521. The zero-order valence-corrected chi connectivity index (χ0v) is 15.8. The fraction of sp³-hybridized carbons (Fsp3) is 0.0909. The average Bonchev–Trinajstić information content (AvgIpc) is 2.75. The first-order chi connectivity index (χ1) is 14.2. The van der Waals surface area contributed by atoms with Gasteiger partial charge in [-0.15, -0.1) is 0 Å². The van der Waals surface area contributed by atoms with Crippen LogP contribution in [0.25, 0.3) is 10.9 Å². The van der Waals surface area contributed by atoms with E-state index in [2.05, 4.69) is 37.1 Å². The molecular weight excluding hydrogens is 364 g/mol. The van der Waals surface area contributed by atoms with Gasteiger partial charge in [0, 0.05) is 16.6 Å². The van der Waals surface area contributed by atoms with Gasteiger partial charge >= 0.3 is 0 Å². The number of anilines is 2. The molecule has 0 aliphatic heterocycles. The van der Waals surface area contributed by atoms with Crippen molar-refractivity contribution >= 4 is 22.4 Å². The molecule has 0 aliphatic carbocycles. The van der Waals surface area contributed by atoms with E-state index in [1.807, 2.05) is 43.3 Å². The highest BCUT2D eigenvalue weighted by molar-refractivity contribution is 5.91. The molecule has 0 radical (unpaired) electrons. The van der Waals surface area contributed by atoms with E-state index in [9.17, 15) is 0 Å². The zero-order valence-electron chi connectivity index (χ0n) is 15.8. The number of rotatable bonds is 4. The number of aromatic nitrogens is 4. The van der Waals surface area contributed by atoms with Gasteiger partial charge in [-0.2, -0.15) is 0 Å². The highest BCUT2D eigenvalue weighted by atomic mass is 16.5. The van der Waals surface area contributed by atoms with Crippen molar-refractivity contribution in [2.75, 3.05) is 11.9 Å². The smallest absolute Gasteiger partial charge is 0.164 e. The minimum absolute atomic E-state index is 0.317. The van der Waals surface area contributed by atoms with Gasteiger partial charge < -0.3 is 15.8 Å². The van der Waals surface area contributed by atoms with Crippen molar-refractivity contribution < 1.29 is 4.74 Å². The molecule has 0 amide bonds. The van der Waals surface area contributed by atoms with E-state index in [1.165, 1.54) is 12.7 Å². The first kappa shape index (κ1) is 18.3.